The molecule has 0 saturated carbocycles. The third-order valence-corrected chi connectivity index (χ3v) is 1.55. The molecule has 0 amide bonds. The van der Waals surface area contributed by atoms with E-state index in [9.17, 15) is 4.79 Å². The number of rotatable bonds is 6. The van der Waals surface area contributed by atoms with Crippen molar-refractivity contribution < 1.29 is 9.53 Å². The van der Waals surface area contributed by atoms with E-state index in [1.807, 2.05) is 6.08 Å². The predicted molar refractivity (Wildman–Crippen MR) is 49.7 cm³/mol. The van der Waals surface area contributed by atoms with Crippen LogP contribution in [0.2, 0.25) is 0 Å². The molecule has 0 aliphatic rings. The second kappa shape index (κ2) is 8.31. The first-order valence-corrected chi connectivity index (χ1v) is 4.59. The van der Waals surface area contributed by atoms with Gasteiger partial charge >= 0.3 is 5.97 Å². The highest BCUT2D eigenvalue weighted by atomic mass is 16.5. The molecule has 0 fully saturated rings. The lowest BCUT2D eigenvalue weighted by Gasteiger charge is -1.94. The third-order valence-electron chi connectivity index (χ3n) is 1.55. The van der Waals surface area contributed by atoms with Crippen LogP contribution in [-0.4, -0.2) is 5.97 Å². The third kappa shape index (κ3) is 9.21. The van der Waals surface area contributed by atoms with Crippen LogP contribution in [0.3, 0.4) is 0 Å². The van der Waals surface area contributed by atoms with Crippen molar-refractivity contribution in [2.45, 2.75) is 46.0 Å². The lowest BCUT2D eigenvalue weighted by atomic mass is 10.1. The zero-order valence-electron chi connectivity index (χ0n) is 8.01. The quantitative estimate of drug-likeness (QED) is 0.348. The average Bonchev–Trinajstić information content (AvgIpc) is 2.02. The molecule has 0 atom stereocenters. The summed E-state index contributed by atoms with van der Waals surface area (Å²) in [4.78, 5) is 10.3. The Kier molecular flexibility index (Phi) is 7.76. The second-order valence-electron chi connectivity index (χ2n) is 2.83. The SMILES string of the molecule is CCCCCC/C=C\OC(C)=O. The van der Waals surface area contributed by atoms with Gasteiger partial charge in [0.1, 0.15) is 0 Å². The van der Waals surface area contributed by atoms with Gasteiger partial charge < -0.3 is 4.74 Å². The maximum atomic E-state index is 10.3. The molecule has 0 aromatic rings. The smallest absolute Gasteiger partial charge is 0.307 e. The van der Waals surface area contributed by atoms with Crippen LogP contribution in [0.1, 0.15) is 46.0 Å². The van der Waals surface area contributed by atoms with Gasteiger partial charge in [0.15, 0.2) is 0 Å². The van der Waals surface area contributed by atoms with Crippen LogP contribution in [0.4, 0.5) is 0 Å². The Hall–Kier alpha value is -0.790. The molecule has 0 bridgehead atoms. The summed E-state index contributed by atoms with van der Waals surface area (Å²) in [6, 6.07) is 0. The molecule has 0 N–H and O–H groups in total. The summed E-state index contributed by atoms with van der Waals surface area (Å²) in [7, 11) is 0. The van der Waals surface area contributed by atoms with Crippen molar-refractivity contribution in [2.75, 3.05) is 0 Å². The van der Waals surface area contributed by atoms with Gasteiger partial charge in [-0.1, -0.05) is 26.2 Å². The van der Waals surface area contributed by atoms with Gasteiger partial charge in [-0.2, -0.15) is 0 Å². The number of carbonyl (C=O) groups excluding carboxylic acids is 1. The molecule has 2 nitrogen and oxygen atoms in total. The van der Waals surface area contributed by atoms with E-state index in [0.717, 1.165) is 6.42 Å². The highest BCUT2D eigenvalue weighted by molar-refractivity contribution is 5.66. The van der Waals surface area contributed by atoms with Gasteiger partial charge in [-0.3, -0.25) is 4.79 Å². The fraction of sp³-hybridized carbons (Fsp3) is 0.700. The monoisotopic (exact) mass is 170 g/mol. The lowest BCUT2D eigenvalue weighted by molar-refractivity contribution is -0.135. The molecule has 12 heavy (non-hydrogen) atoms. The standard InChI is InChI=1S/C10H18O2/c1-3-4-5-6-7-8-9-12-10(2)11/h8-9H,3-7H2,1-2H3/b9-8-. The van der Waals surface area contributed by atoms with Crippen LogP contribution < -0.4 is 0 Å². The fourth-order valence-corrected chi connectivity index (χ4v) is 0.901. The van der Waals surface area contributed by atoms with Gasteiger partial charge in [0, 0.05) is 6.92 Å². The minimum absolute atomic E-state index is 0.250. The molecule has 0 saturated heterocycles. The number of allylic oxidation sites excluding steroid dienone is 1. The summed E-state index contributed by atoms with van der Waals surface area (Å²) >= 11 is 0. The number of unbranched alkanes of at least 4 members (excludes halogenated alkanes) is 4. The minimum atomic E-state index is -0.250. The van der Waals surface area contributed by atoms with Crippen molar-refractivity contribution >= 4 is 5.97 Å². The summed E-state index contributed by atoms with van der Waals surface area (Å²) in [6.07, 6.45) is 9.39. The zero-order valence-corrected chi connectivity index (χ0v) is 8.01. The molecule has 0 heterocycles. The molecule has 0 rings (SSSR count). The zero-order chi connectivity index (χ0) is 9.23. The van der Waals surface area contributed by atoms with Crippen molar-refractivity contribution in [1.29, 1.82) is 0 Å². The summed E-state index contributed by atoms with van der Waals surface area (Å²) < 4.78 is 4.63. The van der Waals surface area contributed by atoms with Crippen molar-refractivity contribution in [3.05, 3.63) is 12.3 Å². The Bertz CT molecular complexity index is 139. The van der Waals surface area contributed by atoms with Gasteiger partial charge in [-0.05, 0) is 18.9 Å². The molecular weight excluding hydrogens is 152 g/mol. The molecule has 0 spiro atoms. The molecule has 0 aromatic heterocycles. The molecule has 0 radical (unpaired) electrons. The van der Waals surface area contributed by atoms with E-state index in [-0.39, 0.29) is 5.97 Å². The van der Waals surface area contributed by atoms with Gasteiger partial charge in [0.05, 0.1) is 6.26 Å². The van der Waals surface area contributed by atoms with E-state index in [1.54, 1.807) is 0 Å². The summed E-state index contributed by atoms with van der Waals surface area (Å²) in [5, 5.41) is 0. The molecule has 0 aliphatic heterocycles. The maximum absolute atomic E-state index is 10.3. The normalized spacial score (nSPS) is 10.5. The van der Waals surface area contributed by atoms with Crippen LogP contribution >= 0.6 is 0 Å². The Labute approximate surface area is 74.6 Å². The second-order valence-corrected chi connectivity index (χ2v) is 2.83. The maximum Gasteiger partial charge on any atom is 0.307 e. The van der Waals surface area contributed by atoms with E-state index in [0.29, 0.717) is 0 Å². The average molecular weight is 170 g/mol. The molecule has 0 aromatic carbocycles. The molecular formula is C10H18O2. The number of hydrogen-bond donors (Lipinski definition) is 0. The molecule has 0 unspecified atom stereocenters. The van der Waals surface area contributed by atoms with Crippen LogP contribution in [-0.2, 0) is 9.53 Å². The van der Waals surface area contributed by atoms with E-state index in [2.05, 4.69) is 11.7 Å². The molecule has 0 aliphatic carbocycles. The van der Waals surface area contributed by atoms with Crippen LogP contribution in [0.5, 0.6) is 0 Å². The fourth-order valence-electron chi connectivity index (χ4n) is 0.901. The van der Waals surface area contributed by atoms with E-state index >= 15 is 0 Å². The van der Waals surface area contributed by atoms with E-state index in [4.69, 9.17) is 0 Å². The van der Waals surface area contributed by atoms with Crippen molar-refractivity contribution in [3.63, 3.8) is 0 Å². The Morgan fingerprint density at radius 3 is 2.67 bits per heavy atom. The first kappa shape index (κ1) is 11.2. The van der Waals surface area contributed by atoms with Crippen LogP contribution in [0, 0.1) is 0 Å². The first-order chi connectivity index (χ1) is 5.77. The predicted octanol–water partition coefficient (Wildman–Crippen LogP) is 3.03. The minimum Gasteiger partial charge on any atom is -0.435 e. The van der Waals surface area contributed by atoms with Gasteiger partial charge in [-0.25, -0.2) is 0 Å². The Balaban J connectivity index is 3.08. The lowest BCUT2D eigenvalue weighted by Crippen LogP contribution is -1.89. The van der Waals surface area contributed by atoms with Gasteiger partial charge in [-0.15, -0.1) is 0 Å². The number of hydrogen-bond acceptors (Lipinski definition) is 2. The highest BCUT2D eigenvalue weighted by Crippen LogP contribution is 2.02. The van der Waals surface area contributed by atoms with Crippen molar-refractivity contribution in [1.82, 2.24) is 0 Å². The summed E-state index contributed by atoms with van der Waals surface area (Å²) in [5.74, 6) is -0.250. The van der Waals surface area contributed by atoms with Crippen LogP contribution in [0.15, 0.2) is 12.3 Å². The van der Waals surface area contributed by atoms with E-state index < -0.39 is 0 Å². The van der Waals surface area contributed by atoms with Gasteiger partial charge in [0.25, 0.3) is 0 Å². The Morgan fingerprint density at radius 2 is 2.08 bits per heavy atom. The van der Waals surface area contributed by atoms with Crippen molar-refractivity contribution in [2.24, 2.45) is 0 Å². The topological polar surface area (TPSA) is 26.3 Å². The highest BCUT2D eigenvalue weighted by Gasteiger charge is 1.86. The van der Waals surface area contributed by atoms with Crippen molar-refractivity contribution in [3.8, 4) is 0 Å². The van der Waals surface area contributed by atoms with Crippen LogP contribution in [0.25, 0.3) is 0 Å². The summed E-state index contributed by atoms with van der Waals surface area (Å²) in [5.41, 5.74) is 0. The number of esters is 1. The largest absolute Gasteiger partial charge is 0.435 e. The molecule has 70 valence electrons. The molecule has 2 heteroatoms. The van der Waals surface area contributed by atoms with E-state index in [1.165, 1.54) is 38.9 Å². The summed E-state index contributed by atoms with van der Waals surface area (Å²) in [6.45, 7) is 3.59. The van der Waals surface area contributed by atoms with Gasteiger partial charge in [0.2, 0.25) is 0 Å². The first-order valence-electron chi connectivity index (χ1n) is 4.59. The number of carbonyl (C=O) groups is 1. The Morgan fingerprint density at radius 1 is 1.33 bits per heavy atom. The number of ether oxygens (including phenoxy) is 1.